The number of benzene rings is 1. The molecule has 152 valence electrons. The van der Waals surface area contributed by atoms with Crippen molar-refractivity contribution in [2.75, 3.05) is 31.6 Å². The maximum absolute atomic E-state index is 12.2. The predicted octanol–water partition coefficient (Wildman–Crippen LogP) is 1.80. The largest absolute Gasteiger partial charge is 0.355 e. The zero-order valence-electron chi connectivity index (χ0n) is 15.4. The predicted molar refractivity (Wildman–Crippen MR) is 109 cm³/mol. The van der Waals surface area contributed by atoms with E-state index in [0.717, 1.165) is 18.5 Å². The molecule has 1 N–H and O–H groups in total. The molecule has 0 atom stereocenters. The number of rotatable bonds is 7. The maximum atomic E-state index is 12.2. The Bertz CT molecular complexity index is 926. The monoisotopic (exact) mass is 443 g/mol. The first-order chi connectivity index (χ1) is 13.3. The Morgan fingerprint density at radius 2 is 2.11 bits per heavy atom. The summed E-state index contributed by atoms with van der Waals surface area (Å²) in [6.45, 7) is 1.58. The van der Waals surface area contributed by atoms with Crippen LogP contribution in [0.1, 0.15) is 12.8 Å². The highest BCUT2D eigenvalue weighted by molar-refractivity contribution is 7.99. The molecule has 1 saturated heterocycles. The first-order valence-corrected chi connectivity index (χ1v) is 12.0. The summed E-state index contributed by atoms with van der Waals surface area (Å²) in [5.74, 6) is 0.430. The molecule has 1 aliphatic heterocycles. The van der Waals surface area contributed by atoms with Crippen molar-refractivity contribution in [1.29, 1.82) is 0 Å². The fraction of sp³-hybridized carbons (Fsp3) is 0.471. The van der Waals surface area contributed by atoms with Gasteiger partial charge < -0.3 is 5.32 Å². The number of thioether (sulfide) groups is 1. The lowest BCUT2D eigenvalue weighted by Crippen LogP contribution is -2.41. The number of carbonyl (C=O) groups excluding carboxylic acids is 1. The Hall–Kier alpha value is -1.62. The van der Waals surface area contributed by atoms with E-state index in [2.05, 4.69) is 15.5 Å². The molecule has 0 aliphatic carbocycles. The standard InChI is InChI=1S/C17H22ClN5O3S2/c1-28(25,26)22-7-5-13(6-8-22)10-19-16(24)11-27-17-21-20-12-23(17)15-4-2-3-14(18)9-15/h2-4,9,12-13H,5-8,10-11H2,1H3,(H,19,24). The molecule has 0 bridgehead atoms. The fourth-order valence-electron chi connectivity index (χ4n) is 3.01. The number of hydrogen-bond acceptors (Lipinski definition) is 6. The lowest BCUT2D eigenvalue weighted by atomic mass is 9.98. The Kier molecular flexibility index (Phi) is 6.97. The Morgan fingerprint density at radius 3 is 2.79 bits per heavy atom. The SMILES string of the molecule is CS(=O)(=O)N1CCC(CNC(=O)CSc2nncn2-c2cccc(Cl)c2)CC1. The van der Waals surface area contributed by atoms with Gasteiger partial charge >= 0.3 is 0 Å². The third-order valence-corrected chi connectivity index (χ3v) is 7.05. The molecule has 0 saturated carbocycles. The topological polar surface area (TPSA) is 97.2 Å². The second-order valence-corrected chi connectivity index (χ2v) is 10.0. The highest BCUT2D eigenvalue weighted by Gasteiger charge is 2.25. The molecule has 0 unspecified atom stereocenters. The van der Waals surface area contributed by atoms with Crippen LogP contribution in [0.25, 0.3) is 5.69 Å². The van der Waals surface area contributed by atoms with Gasteiger partial charge in [0.1, 0.15) is 6.33 Å². The minimum absolute atomic E-state index is 0.0869. The zero-order chi connectivity index (χ0) is 20.1. The highest BCUT2D eigenvalue weighted by Crippen LogP contribution is 2.22. The van der Waals surface area contributed by atoms with Crippen molar-refractivity contribution in [2.24, 2.45) is 5.92 Å². The molecule has 2 aromatic rings. The van der Waals surface area contributed by atoms with Gasteiger partial charge in [0.25, 0.3) is 0 Å². The van der Waals surface area contributed by atoms with E-state index in [1.165, 1.54) is 22.3 Å². The number of aromatic nitrogens is 3. The van der Waals surface area contributed by atoms with Crippen molar-refractivity contribution in [3.63, 3.8) is 0 Å². The number of nitrogens with one attached hydrogen (secondary N) is 1. The summed E-state index contributed by atoms with van der Waals surface area (Å²) in [4.78, 5) is 12.2. The smallest absolute Gasteiger partial charge is 0.230 e. The normalized spacial score (nSPS) is 16.2. The van der Waals surface area contributed by atoms with Crippen LogP contribution in [-0.4, -0.2) is 65.0 Å². The van der Waals surface area contributed by atoms with Crippen molar-refractivity contribution in [3.8, 4) is 5.69 Å². The van der Waals surface area contributed by atoms with Gasteiger partial charge in [-0.15, -0.1) is 10.2 Å². The number of nitrogens with zero attached hydrogens (tertiary/aromatic N) is 4. The van der Waals surface area contributed by atoms with Crippen molar-refractivity contribution < 1.29 is 13.2 Å². The molecule has 3 rings (SSSR count). The van der Waals surface area contributed by atoms with Crippen molar-refractivity contribution >= 4 is 39.3 Å². The zero-order valence-corrected chi connectivity index (χ0v) is 17.8. The molecule has 8 nitrogen and oxygen atoms in total. The number of hydrogen-bond donors (Lipinski definition) is 1. The molecule has 1 aromatic heterocycles. The maximum Gasteiger partial charge on any atom is 0.230 e. The summed E-state index contributed by atoms with van der Waals surface area (Å²) in [6, 6.07) is 7.32. The van der Waals surface area contributed by atoms with Gasteiger partial charge in [-0.1, -0.05) is 29.4 Å². The third-order valence-electron chi connectivity index (χ3n) is 4.57. The van der Waals surface area contributed by atoms with Crippen molar-refractivity contribution in [2.45, 2.75) is 18.0 Å². The van der Waals surface area contributed by atoms with Crippen LogP contribution in [0, 0.1) is 5.92 Å². The molecule has 0 spiro atoms. The summed E-state index contributed by atoms with van der Waals surface area (Å²) < 4.78 is 26.3. The van der Waals surface area contributed by atoms with Gasteiger partial charge in [0.15, 0.2) is 5.16 Å². The van der Waals surface area contributed by atoms with E-state index in [4.69, 9.17) is 11.6 Å². The van der Waals surface area contributed by atoms with Gasteiger partial charge in [-0.05, 0) is 37.0 Å². The molecule has 0 radical (unpaired) electrons. The molecule has 1 aliphatic rings. The average Bonchev–Trinajstić information content (AvgIpc) is 3.13. The number of piperidine rings is 1. The quantitative estimate of drug-likeness (QED) is 0.655. The Labute approximate surface area is 173 Å². The van der Waals surface area contributed by atoms with Gasteiger partial charge in [-0.25, -0.2) is 12.7 Å². The number of sulfonamides is 1. The lowest BCUT2D eigenvalue weighted by Gasteiger charge is -2.30. The minimum atomic E-state index is -3.12. The first-order valence-electron chi connectivity index (χ1n) is 8.83. The number of amides is 1. The van der Waals surface area contributed by atoms with Crippen LogP contribution in [0.2, 0.25) is 5.02 Å². The van der Waals surface area contributed by atoms with Crippen LogP contribution in [0.5, 0.6) is 0 Å². The van der Waals surface area contributed by atoms with Crippen molar-refractivity contribution in [1.82, 2.24) is 24.4 Å². The lowest BCUT2D eigenvalue weighted by molar-refractivity contribution is -0.118. The molecule has 28 heavy (non-hydrogen) atoms. The van der Waals surface area contributed by atoms with Crippen LogP contribution in [0.3, 0.4) is 0 Å². The molecule has 1 amide bonds. The first kappa shape index (κ1) is 21.1. The van der Waals surface area contributed by atoms with E-state index in [0.29, 0.717) is 35.7 Å². The summed E-state index contributed by atoms with van der Waals surface area (Å²) in [7, 11) is -3.12. The molecule has 1 fully saturated rings. The van der Waals surface area contributed by atoms with Gasteiger partial charge in [0.2, 0.25) is 15.9 Å². The summed E-state index contributed by atoms with van der Waals surface area (Å²) in [6.07, 6.45) is 4.32. The summed E-state index contributed by atoms with van der Waals surface area (Å²) in [5, 5.41) is 12.1. The Morgan fingerprint density at radius 1 is 1.36 bits per heavy atom. The second kappa shape index (κ2) is 9.25. The van der Waals surface area contributed by atoms with Gasteiger partial charge in [-0.2, -0.15) is 0 Å². The van der Waals surface area contributed by atoms with Crippen LogP contribution < -0.4 is 5.32 Å². The van der Waals surface area contributed by atoms with Gasteiger partial charge in [-0.3, -0.25) is 9.36 Å². The van der Waals surface area contributed by atoms with Gasteiger partial charge in [0.05, 0.1) is 17.7 Å². The minimum Gasteiger partial charge on any atom is -0.355 e. The third kappa shape index (κ3) is 5.69. The second-order valence-electron chi connectivity index (χ2n) is 6.66. The molecular weight excluding hydrogens is 422 g/mol. The molecule has 11 heteroatoms. The highest BCUT2D eigenvalue weighted by atomic mass is 35.5. The summed E-state index contributed by atoms with van der Waals surface area (Å²) >= 11 is 7.33. The fourth-order valence-corrected chi connectivity index (χ4v) is 4.83. The number of halogens is 1. The van der Waals surface area contributed by atoms with E-state index in [1.54, 1.807) is 23.0 Å². The van der Waals surface area contributed by atoms with E-state index >= 15 is 0 Å². The summed E-state index contributed by atoms with van der Waals surface area (Å²) in [5.41, 5.74) is 0.832. The van der Waals surface area contributed by atoms with E-state index < -0.39 is 10.0 Å². The Balaban J connectivity index is 1.45. The molecule has 1 aromatic carbocycles. The van der Waals surface area contributed by atoms with Gasteiger partial charge in [0, 0.05) is 24.7 Å². The van der Waals surface area contributed by atoms with Crippen LogP contribution >= 0.6 is 23.4 Å². The van der Waals surface area contributed by atoms with E-state index in [1.807, 2.05) is 12.1 Å². The molecule has 2 heterocycles. The van der Waals surface area contributed by atoms with Crippen LogP contribution in [0.15, 0.2) is 35.7 Å². The van der Waals surface area contributed by atoms with E-state index in [9.17, 15) is 13.2 Å². The van der Waals surface area contributed by atoms with Crippen molar-refractivity contribution in [3.05, 3.63) is 35.6 Å². The van der Waals surface area contributed by atoms with Crippen LogP contribution in [0.4, 0.5) is 0 Å². The molecular formula is C17H22ClN5O3S2. The van der Waals surface area contributed by atoms with Crippen LogP contribution in [-0.2, 0) is 14.8 Å². The number of carbonyl (C=O) groups is 1. The van der Waals surface area contributed by atoms with E-state index in [-0.39, 0.29) is 11.7 Å². The average molecular weight is 444 g/mol.